The van der Waals surface area contributed by atoms with Crippen molar-refractivity contribution >= 4 is 0 Å². The third-order valence-electron chi connectivity index (χ3n) is 2.22. The minimum Gasteiger partial charge on any atom is -0.0882 e. The van der Waals surface area contributed by atoms with E-state index in [-0.39, 0.29) is 0 Å². The van der Waals surface area contributed by atoms with Gasteiger partial charge in [-0.3, -0.25) is 0 Å². The van der Waals surface area contributed by atoms with Crippen LogP contribution in [0.15, 0.2) is 36.5 Å². The summed E-state index contributed by atoms with van der Waals surface area (Å²) in [6.07, 6.45) is 22.1. The monoisotopic (exact) mass is 206 g/mol. The molecule has 0 aliphatic rings. The van der Waals surface area contributed by atoms with Gasteiger partial charge < -0.3 is 0 Å². The Morgan fingerprint density at radius 1 is 0.600 bits per heavy atom. The van der Waals surface area contributed by atoms with Crippen molar-refractivity contribution in [2.45, 2.75) is 58.8 Å². The van der Waals surface area contributed by atoms with Gasteiger partial charge in [0.1, 0.15) is 0 Å². The highest BCUT2D eigenvalue weighted by Crippen LogP contribution is 1.97. The van der Waals surface area contributed by atoms with Gasteiger partial charge in [-0.2, -0.15) is 0 Å². The molecule has 0 nitrogen and oxygen atoms in total. The average molecular weight is 206 g/mol. The molecule has 0 unspecified atom stereocenters. The van der Waals surface area contributed by atoms with Crippen LogP contribution in [0, 0.1) is 0 Å². The molecule has 0 spiro atoms. The first-order valence-electron chi connectivity index (χ1n) is 6.36. The molecule has 0 radical (unpaired) electrons. The molecule has 0 heteroatoms. The van der Waals surface area contributed by atoms with Gasteiger partial charge >= 0.3 is 0 Å². The van der Waals surface area contributed by atoms with Gasteiger partial charge in [0.25, 0.3) is 0 Å². The number of allylic oxidation sites excluding steroid dienone is 6. The van der Waals surface area contributed by atoms with Gasteiger partial charge in [-0.05, 0) is 25.7 Å². The Morgan fingerprint density at radius 2 is 1.13 bits per heavy atom. The minimum atomic E-state index is 1.09. The number of unbranched alkanes of at least 4 members (excludes halogenated alkanes) is 3. The van der Waals surface area contributed by atoms with Gasteiger partial charge in [0.2, 0.25) is 0 Å². The Bertz CT molecular complexity index is 184. The summed E-state index contributed by atoms with van der Waals surface area (Å²) in [6, 6.07) is 0. The molecule has 0 saturated carbocycles. The molecule has 0 bridgehead atoms. The van der Waals surface area contributed by atoms with E-state index in [0.29, 0.717) is 0 Å². The summed E-state index contributed by atoms with van der Waals surface area (Å²) in [7, 11) is 0. The van der Waals surface area contributed by atoms with Crippen LogP contribution in [0.3, 0.4) is 0 Å². The van der Waals surface area contributed by atoms with E-state index in [1.165, 1.54) is 32.1 Å². The van der Waals surface area contributed by atoms with Crippen molar-refractivity contribution in [2.75, 3.05) is 0 Å². The standard InChI is InChI=1S/C15H26/c1-3-5-7-9-11-13-15-14-12-10-8-6-4-2/h7,9-10,12-13,15H,3-6,8,11,14H2,1-2H3. The number of hydrogen-bond donors (Lipinski definition) is 0. The summed E-state index contributed by atoms with van der Waals surface area (Å²) in [6.45, 7) is 4.44. The lowest BCUT2D eigenvalue weighted by Crippen LogP contribution is -1.67. The Kier molecular flexibility index (Phi) is 12.5. The molecule has 0 aromatic rings. The normalized spacial score (nSPS) is 12.4. The van der Waals surface area contributed by atoms with E-state index in [2.05, 4.69) is 50.3 Å². The summed E-state index contributed by atoms with van der Waals surface area (Å²) in [5.74, 6) is 0. The smallest absolute Gasteiger partial charge is 0.0169 e. The summed E-state index contributed by atoms with van der Waals surface area (Å²) >= 11 is 0. The lowest BCUT2D eigenvalue weighted by Gasteiger charge is -1.87. The first-order valence-corrected chi connectivity index (χ1v) is 6.36. The summed E-state index contributed by atoms with van der Waals surface area (Å²) in [5.41, 5.74) is 0. The third kappa shape index (κ3) is 13.2. The highest BCUT2D eigenvalue weighted by molar-refractivity contribution is 4.97. The maximum absolute atomic E-state index is 2.29. The molecule has 0 heterocycles. The van der Waals surface area contributed by atoms with Crippen molar-refractivity contribution in [3.8, 4) is 0 Å². The van der Waals surface area contributed by atoms with Crippen LogP contribution >= 0.6 is 0 Å². The maximum atomic E-state index is 2.29. The number of hydrogen-bond acceptors (Lipinski definition) is 0. The molecule has 0 N–H and O–H groups in total. The molecule has 0 amide bonds. The molecule has 0 aromatic carbocycles. The van der Waals surface area contributed by atoms with Crippen molar-refractivity contribution < 1.29 is 0 Å². The van der Waals surface area contributed by atoms with Crippen molar-refractivity contribution in [3.05, 3.63) is 36.5 Å². The summed E-state index contributed by atoms with van der Waals surface area (Å²) < 4.78 is 0. The van der Waals surface area contributed by atoms with Gasteiger partial charge in [0.15, 0.2) is 0 Å². The Hall–Kier alpha value is -0.780. The van der Waals surface area contributed by atoms with Crippen molar-refractivity contribution in [3.63, 3.8) is 0 Å². The highest BCUT2D eigenvalue weighted by Gasteiger charge is 1.77. The lowest BCUT2D eigenvalue weighted by atomic mass is 10.2. The average Bonchev–Trinajstić information content (AvgIpc) is 2.26. The zero-order valence-electron chi connectivity index (χ0n) is 10.4. The van der Waals surface area contributed by atoms with Crippen molar-refractivity contribution in [1.82, 2.24) is 0 Å². The minimum absolute atomic E-state index is 1.09. The third-order valence-corrected chi connectivity index (χ3v) is 2.22. The fourth-order valence-corrected chi connectivity index (χ4v) is 1.27. The second-order valence-electron chi connectivity index (χ2n) is 3.82. The molecule has 0 fully saturated rings. The van der Waals surface area contributed by atoms with Gasteiger partial charge in [-0.15, -0.1) is 0 Å². The van der Waals surface area contributed by atoms with Crippen LogP contribution in [0.5, 0.6) is 0 Å². The molecule has 0 aliphatic heterocycles. The van der Waals surface area contributed by atoms with Crippen molar-refractivity contribution in [1.29, 1.82) is 0 Å². The highest BCUT2D eigenvalue weighted by atomic mass is 13.8. The van der Waals surface area contributed by atoms with E-state index in [4.69, 9.17) is 0 Å². The van der Waals surface area contributed by atoms with Crippen molar-refractivity contribution in [2.24, 2.45) is 0 Å². The van der Waals surface area contributed by atoms with Crippen LogP contribution in [0.25, 0.3) is 0 Å². The van der Waals surface area contributed by atoms with Gasteiger partial charge in [0, 0.05) is 0 Å². The molecule has 0 aliphatic carbocycles. The lowest BCUT2D eigenvalue weighted by molar-refractivity contribution is 0.813. The molecule has 0 atom stereocenters. The molecule has 15 heavy (non-hydrogen) atoms. The van der Waals surface area contributed by atoms with Gasteiger partial charge in [-0.25, -0.2) is 0 Å². The van der Waals surface area contributed by atoms with E-state index >= 15 is 0 Å². The zero-order chi connectivity index (χ0) is 11.2. The van der Waals surface area contributed by atoms with Crippen LogP contribution in [0.2, 0.25) is 0 Å². The molecular weight excluding hydrogens is 180 g/mol. The van der Waals surface area contributed by atoms with Gasteiger partial charge in [0.05, 0.1) is 0 Å². The van der Waals surface area contributed by atoms with Gasteiger partial charge in [-0.1, -0.05) is 69.6 Å². The van der Waals surface area contributed by atoms with Crippen LogP contribution in [-0.4, -0.2) is 0 Å². The van der Waals surface area contributed by atoms with Crippen LogP contribution in [-0.2, 0) is 0 Å². The quantitative estimate of drug-likeness (QED) is 0.349. The first-order chi connectivity index (χ1) is 7.41. The van der Waals surface area contributed by atoms with Crippen LogP contribution in [0.1, 0.15) is 58.8 Å². The number of rotatable bonds is 9. The second-order valence-corrected chi connectivity index (χ2v) is 3.82. The molecular formula is C15H26. The predicted molar refractivity (Wildman–Crippen MR) is 71.1 cm³/mol. The van der Waals surface area contributed by atoms with E-state index in [1.807, 2.05) is 0 Å². The summed E-state index contributed by atoms with van der Waals surface area (Å²) in [5, 5.41) is 0. The molecule has 0 saturated heterocycles. The molecule has 86 valence electrons. The Morgan fingerprint density at radius 3 is 1.67 bits per heavy atom. The Balaban J connectivity index is 3.27. The fourth-order valence-electron chi connectivity index (χ4n) is 1.27. The van der Waals surface area contributed by atoms with Crippen LogP contribution < -0.4 is 0 Å². The van der Waals surface area contributed by atoms with E-state index in [9.17, 15) is 0 Å². The SMILES string of the molecule is CCCC=CCC=CCC=CCCCC. The zero-order valence-corrected chi connectivity index (χ0v) is 10.4. The topological polar surface area (TPSA) is 0 Å². The maximum Gasteiger partial charge on any atom is -0.0169 e. The molecule has 0 aromatic heterocycles. The van der Waals surface area contributed by atoms with E-state index < -0.39 is 0 Å². The largest absolute Gasteiger partial charge is 0.0882 e. The van der Waals surface area contributed by atoms with Crippen LogP contribution in [0.4, 0.5) is 0 Å². The second kappa shape index (κ2) is 13.2. The summed E-state index contributed by atoms with van der Waals surface area (Å²) in [4.78, 5) is 0. The van der Waals surface area contributed by atoms with E-state index in [1.54, 1.807) is 0 Å². The fraction of sp³-hybridized carbons (Fsp3) is 0.600. The predicted octanol–water partition coefficient (Wildman–Crippen LogP) is 5.43. The Labute approximate surface area is 95.8 Å². The first kappa shape index (κ1) is 14.2. The molecule has 0 rings (SSSR count). The van der Waals surface area contributed by atoms with E-state index in [0.717, 1.165) is 12.8 Å².